The number of amides is 2. The Morgan fingerprint density at radius 2 is 1.46 bits per heavy atom. The molecule has 4 aromatic rings. The highest BCUT2D eigenvalue weighted by Gasteiger charge is 2.55. The van der Waals surface area contributed by atoms with Gasteiger partial charge in [0.1, 0.15) is 12.2 Å². The molecule has 9 heteroatoms. The van der Waals surface area contributed by atoms with Gasteiger partial charge in [-0.3, -0.25) is 5.10 Å². The number of nitrogens with zero attached hydrogens (tertiary/aromatic N) is 3. The van der Waals surface area contributed by atoms with E-state index in [1.165, 1.54) is 0 Å². The molecule has 0 aliphatic carbocycles. The number of anilines is 1. The van der Waals surface area contributed by atoms with E-state index in [0.29, 0.717) is 38.4 Å². The monoisotopic (exact) mass is 625 g/mol. The predicted octanol–water partition coefficient (Wildman–Crippen LogP) is 6.33. The number of hydrogen-bond donors (Lipinski definition) is 2. The van der Waals surface area contributed by atoms with Crippen molar-refractivity contribution in [1.29, 1.82) is 0 Å². The van der Waals surface area contributed by atoms with Crippen molar-refractivity contribution in [2.45, 2.75) is 89.5 Å². The number of carbonyl (C=O) groups excluding carboxylic acids is 1. The maximum atomic E-state index is 15.0. The Labute approximate surface area is 272 Å². The molecule has 46 heavy (non-hydrogen) atoms. The van der Waals surface area contributed by atoms with Crippen LogP contribution in [0.4, 0.5) is 10.6 Å². The third kappa shape index (κ3) is 7.22. The van der Waals surface area contributed by atoms with Gasteiger partial charge in [0, 0.05) is 31.7 Å². The minimum atomic E-state index is -0.801. The zero-order valence-corrected chi connectivity index (χ0v) is 27.2. The smallest absolute Gasteiger partial charge is 0.321 e. The quantitative estimate of drug-likeness (QED) is 0.168. The average Bonchev–Trinajstić information content (AvgIpc) is 3.58. The van der Waals surface area contributed by atoms with Crippen LogP contribution in [-0.4, -0.2) is 75.9 Å². The first-order valence-corrected chi connectivity index (χ1v) is 16.6. The topological polar surface area (TPSA) is 106 Å². The van der Waals surface area contributed by atoms with Gasteiger partial charge in [0.25, 0.3) is 0 Å². The van der Waals surface area contributed by atoms with Crippen LogP contribution < -0.4 is 5.73 Å². The predicted molar refractivity (Wildman–Crippen MR) is 180 cm³/mol. The molecule has 3 aromatic carbocycles. The summed E-state index contributed by atoms with van der Waals surface area (Å²) in [6.07, 6.45) is 3.48. The van der Waals surface area contributed by atoms with Crippen molar-refractivity contribution >= 4 is 22.8 Å². The van der Waals surface area contributed by atoms with Gasteiger partial charge in [-0.2, -0.15) is 5.10 Å². The first-order chi connectivity index (χ1) is 22.3. The molecule has 2 aliphatic heterocycles. The van der Waals surface area contributed by atoms with E-state index in [4.69, 9.17) is 19.9 Å². The van der Waals surface area contributed by atoms with Gasteiger partial charge >= 0.3 is 6.03 Å². The van der Waals surface area contributed by atoms with Gasteiger partial charge < -0.3 is 29.7 Å². The van der Waals surface area contributed by atoms with Crippen LogP contribution >= 0.6 is 0 Å². The average molecular weight is 626 g/mol. The second kappa shape index (κ2) is 14.2. The molecule has 3 N–H and O–H groups in total. The largest absolute Gasteiger partial charge is 0.382 e. The van der Waals surface area contributed by atoms with Crippen LogP contribution in [0.3, 0.4) is 0 Å². The van der Waals surface area contributed by atoms with Crippen LogP contribution in [0.1, 0.15) is 56.7 Å². The first kappa shape index (κ1) is 32.0. The molecule has 2 saturated heterocycles. The Morgan fingerprint density at radius 3 is 2.09 bits per heavy atom. The van der Waals surface area contributed by atoms with E-state index in [2.05, 4.69) is 53.5 Å². The van der Waals surface area contributed by atoms with Crippen molar-refractivity contribution in [3.05, 3.63) is 95.6 Å². The fourth-order valence-electron chi connectivity index (χ4n) is 6.89. The lowest BCUT2D eigenvalue weighted by Crippen LogP contribution is -2.52. The lowest BCUT2D eigenvalue weighted by molar-refractivity contribution is -0.157. The zero-order chi connectivity index (χ0) is 32.1. The number of rotatable bonds is 13. The molecule has 2 fully saturated rings. The van der Waals surface area contributed by atoms with Gasteiger partial charge in [0.2, 0.25) is 0 Å². The van der Waals surface area contributed by atoms with Crippen LogP contribution in [0, 0.1) is 0 Å². The summed E-state index contributed by atoms with van der Waals surface area (Å²) in [5.41, 5.74) is 10.3. The standard InChI is InChI=1S/C37H47N5O4/c1-4-5-20-44-21-12-19-41-31(23-26-13-8-6-9-14-26)33-34(46-37(2,3)45-33)32(24-27-15-10-7-11-16-27)42(36(41)43)25-28-17-18-30-29(22-28)35(38)40-39-30/h6-11,13-18,22,31-34H,4-5,12,19-21,23-25H2,1-3H3,(H3,38,39,40)/t31-,32-,33+,34+/m1/s1. The molecule has 0 spiro atoms. The summed E-state index contributed by atoms with van der Waals surface area (Å²) in [6.45, 7) is 8.40. The molecule has 0 radical (unpaired) electrons. The third-order valence-corrected chi connectivity index (χ3v) is 9.13. The second-order valence-electron chi connectivity index (χ2n) is 13.0. The van der Waals surface area contributed by atoms with Gasteiger partial charge in [-0.25, -0.2) is 4.79 Å². The fourth-order valence-corrected chi connectivity index (χ4v) is 6.89. The highest BCUT2D eigenvalue weighted by Crippen LogP contribution is 2.40. The number of ether oxygens (including phenoxy) is 3. The second-order valence-corrected chi connectivity index (χ2v) is 13.0. The molecule has 0 bridgehead atoms. The van der Waals surface area contributed by atoms with E-state index >= 15 is 4.79 Å². The fraction of sp³-hybridized carbons (Fsp3) is 0.459. The maximum Gasteiger partial charge on any atom is 0.321 e. The summed E-state index contributed by atoms with van der Waals surface area (Å²) in [5.74, 6) is -0.355. The number of urea groups is 1. The highest BCUT2D eigenvalue weighted by atomic mass is 16.8. The van der Waals surface area contributed by atoms with Gasteiger partial charge in [-0.15, -0.1) is 0 Å². The number of H-pyrrole nitrogens is 1. The van der Waals surface area contributed by atoms with Crippen LogP contribution in [0.15, 0.2) is 78.9 Å². The Kier molecular flexibility index (Phi) is 9.92. The van der Waals surface area contributed by atoms with Crippen molar-refractivity contribution in [2.75, 3.05) is 25.5 Å². The molecule has 1 aromatic heterocycles. The van der Waals surface area contributed by atoms with E-state index in [1.807, 2.05) is 66.1 Å². The molecule has 2 aliphatic rings. The van der Waals surface area contributed by atoms with Crippen molar-refractivity contribution in [3.63, 3.8) is 0 Å². The van der Waals surface area contributed by atoms with Gasteiger partial charge in [0.05, 0.1) is 17.6 Å². The molecular weight excluding hydrogens is 578 g/mol. The van der Waals surface area contributed by atoms with E-state index < -0.39 is 5.79 Å². The molecule has 3 heterocycles. The van der Waals surface area contributed by atoms with Crippen molar-refractivity contribution in [1.82, 2.24) is 20.0 Å². The summed E-state index contributed by atoms with van der Waals surface area (Å²) in [4.78, 5) is 19.1. The Balaban J connectivity index is 1.41. The third-order valence-electron chi connectivity index (χ3n) is 9.13. The number of carbonyl (C=O) groups is 1. The van der Waals surface area contributed by atoms with Crippen LogP contribution in [-0.2, 0) is 33.6 Å². The molecule has 2 amide bonds. The maximum absolute atomic E-state index is 15.0. The van der Waals surface area contributed by atoms with Crippen LogP contribution in [0.5, 0.6) is 0 Å². The lowest BCUT2D eigenvalue weighted by atomic mass is 9.91. The summed E-state index contributed by atoms with van der Waals surface area (Å²) in [5, 5.41) is 8.01. The molecular formula is C37H47N5O4. The lowest BCUT2D eigenvalue weighted by Gasteiger charge is -2.37. The number of fused-ring (bicyclic) bond motifs is 2. The summed E-state index contributed by atoms with van der Waals surface area (Å²) < 4.78 is 19.5. The zero-order valence-electron chi connectivity index (χ0n) is 27.2. The van der Waals surface area contributed by atoms with E-state index in [1.54, 1.807) is 0 Å². The summed E-state index contributed by atoms with van der Waals surface area (Å²) in [7, 11) is 0. The van der Waals surface area contributed by atoms with Gasteiger partial charge in [0.15, 0.2) is 11.6 Å². The van der Waals surface area contributed by atoms with E-state index in [0.717, 1.165) is 53.5 Å². The number of nitrogen functional groups attached to an aromatic ring is 1. The molecule has 0 unspecified atom stereocenters. The Bertz CT molecular complexity index is 1580. The van der Waals surface area contributed by atoms with Crippen molar-refractivity contribution < 1.29 is 19.0 Å². The minimum absolute atomic E-state index is 0.0184. The van der Waals surface area contributed by atoms with Crippen LogP contribution in [0.25, 0.3) is 10.9 Å². The Hall–Kier alpha value is -3.92. The number of unbranched alkanes of at least 4 members (excludes halogenated alkanes) is 1. The SMILES string of the molecule is CCCCOCCCN1C(=O)N(Cc2ccc3[nH]nc(N)c3c2)[C@H](Cc2ccccc2)[C@@H]2OC(C)(C)O[C@H]2[C@H]1Cc1ccccc1. The highest BCUT2D eigenvalue weighted by molar-refractivity contribution is 5.89. The number of benzene rings is 3. The van der Waals surface area contributed by atoms with Gasteiger partial charge in [-0.05, 0) is 68.4 Å². The number of aromatic nitrogens is 2. The van der Waals surface area contributed by atoms with Crippen LogP contribution in [0.2, 0.25) is 0 Å². The minimum Gasteiger partial charge on any atom is -0.382 e. The van der Waals surface area contributed by atoms with Crippen molar-refractivity contribution in [2.24, 2.45) is 0 Å². The normalized spacial score (nSPS) is 22.7. The number of nitrogens with one attached hydrogen (secondary N) is 1. The summed E-state index contributed by atoms with van der Waals surface area (Å²) in [6, 6.07) is 26.3. The van der Waals surface area contributed by atoms with E-state index in [-0.39, 0.29) is 30.3 Å². The number of hydrogen-bond acceptors (Lipinski definition) is 6. The first-order valence-electron chi connectivity index (χ1n) is 16.6. The molecule has 4 atom stereocenters. The van der Waals surface area contributed by atoms with Gasteiger partial charge in [-0.1, -0.05) is 80.1 Å². The molecule has 0 saturated carbocycles. The summed E-state index contributed by atoms with van der Waals surface area (Å²) >= 11 is 0. The van der Waals surface area contributed by atoms with E-state index in [9.17, 15) is 0 Å². The Morgan fingerprint density at radius 1 is 0.848 bits per heavy atom. The molecule has 9 nitrogen and oxygen atoms in total. The molecule has 244 valence electrons. The number of nitrogens with two attached hydrogens (primary N) is 1. The van der Waals surface area contributed by atoms with Crippen molar-refractivity contribution in [3.8, 4) is 0 Å². The molecule has 6 rings (SSSR count). The number of aromatic amines is 1.